The Morgan fingerprint density at radius 2 is 2.31 bits per heavy atom. The molecule has 0 radical (unpaired) electrons. The van der Waals surface area contributed by atoms with Gasteiger partial charge in [0.25, 0.3) is 0 Å². The van der Waals surface area contributed by atoms with Crippen LogP contribution in [0.3, 0.4) is 0 Å². The molecule has 1 aromatic carbocycles. The molecule has 3 aliphatic rings. The van der Waals surface area contributed by atoms with E-state index in [4.69, 9.17) is 14.2 Å². The first-order valence-corrected chi connectivity index (χ1v) is 9.28. The first-order valence-electron chi connectivity index (χ1n) is 9.28. The number of ether oxygens (including phenoxy) is 3. The number of amides is 1. The minimum Gasteiger partial charge on any atom is -0.493 e. The van der Waals surface area contributed by atoms with Gasteiger partial charge in [-0.3, -0.25) is 4.90 Å². The first kappa shape index (κ1) is 17.2. The molecule has 2 aliphatic heterocycles. The van der Waals surface area contributed by atoms with Gasteiger partial charge in [0.05, 0.1) is 25.7 Å². The molecule has 1 amide bonds. The zero-order valence-corrected chi connectivity index (χ0v) is 15.3. The number of hydrogen-bond donors (Lipinski definition) is 1. The van der Waals surface area contributed by atoms with E-state index in [1.54, 1.807) is 12.0 Å². The van der Waals surface area contributed by atoms with Crippen LogP contribution in [0.1, 0.15) is 43.7 Å². The largest absolute Gasteiger partial charge is 0.493 e. The van der Waals surface area contributed by atoms with Crippen molar-refractivity contribution < 1.29 is 24.1 Å². The Morgan fingerprint density at radius 3 is 3.04 bits per heavy atom. The average molecular weight is 359 g/mol. The van der Waals surface area contributed by atoms with Crippen molar-refractivity contribution in [3.05, 3.63) is 35.0 Å². The second-order valence-corrected chi connectivity index (χ2v) is 7.06. The van der Waals surface area contributed by atoms with Gasteiger partial charge in [-0.05, 0) is 49.8 Å². The third kappa shape index (κ3) is 2.31. The number of hydrogen-bond acceptors (Lipinski definition) is 5. The lowest BCUT2D eigenvalue weighted by Crippen LogP contribution is -2.49. The van der Waals surface area contributed by atoms with Crippen molar-refractivity contribution in [3.8, 4) is 11.5 Å². The fraction of sp³-hybridized carbons (Fsp3) is 0.550. The fourth-order valence-electron chi connectivity index (χ4n) is 4.81. The number of aliphatic hydroxyl groups is 1. The molecule has 6 nitrogen and oxygen atoms in total. The maximum atomic E-state index is 12.2. The van der Waals surface area contributed by atoms with E-state index >= 15 is 0 Å². The predicted molar refractivity (Wildman–Crippen MR) is 95.3 cm³/mol. The lowest BCUT2D eigenvalue weighted by molar-refractivity contribution is 0.0904. The second-order valence-electron chi connectivity index (χ2n) is 7.06. The normalized spacial score (nSPS) is 26.2. The summed E-state index contributed by atoms with van der Waals surface area (Å²) in [4.78, 5) is 13.9. The molecule has 1 aliphatic carbocycles. The number of benzene rings is 1. The maximum absolute atomic E-state index is 12.2. The van der Waals surface area contributed by atoms with Gasteiger partial charge in [-0.2, -0.15) is 0 Å². The van der Waals surface area contributed by atoms with Gasteiger partial charge in [0.2, 0.25) is 0 Å². The molecule has 1 aromatic rings. The molecule has 2 atom stereocenters. The Bertz CT molecular complexity index is 759. The quantitative estimate of drug-likeness (QED) is 0.898. The summed E-state index contributed by atoms with van der Waals surface area (Å²) in [6.45, 7) is 2.71. The van der Waals surface area contributed by atoms with E-state index in [2.05, 4.69) is 0 Å². The number of carbonyl (C=O) groups excluding carboxylic acids is 1. The van der Waals surface area contributed by atoms with Crippen molar-refractivity contribution in [3.63, 3.8) is 0 Å². The Labute approximate surface area is 153 Å². The van der Waals surface area contributed by atoms with E-state index in [0.717, 1.165) is 42.6 Å². The summed E-state index contributed by atoms with van der Waals surface area (Å²) in [5.41, 5.74) is 2.82. The summed E-state index contributed by atoms with van der Waals surface area (Å²) in [7, 11) is 1.64. The molecule has 26 heavy (non-hydrogen) atoms. The van der Waals surface area contributed by atoms with Crippen LogP contribution in [0.4, 0.5) is 4.79 Å². The van der Waals surface area contributed by atoms with Gasteiger partial charge < -0.3 is 19.3 Å². The number of nitrogens with zero attached hydrogens (tertiary/aromatic N) is 1. The lowest BCUT2D eigenvalue weighted by Gasteiger charge is -2.45. The molecule has 1 fully saturated rings. The molecule has 1 saturated carbocycles. The highest BCUT2D eigenvalue weighted by atomic mass is 16.6. The standard InChI is InChI=1S/C20H25NO5/c1-3-25-19(23)21-10-9-20-14(11-21)5-4-6-16(20)26-18-15(24-2)8-7-13(12-22)17(18)20/h7-8,11,16,22H,3-6,9-10,12H2,1-2H3/t16-,20+/m0/s1. The van der Waals surface area contributed by atoms with Crippen molar-refractivity contribution in [1.82, 2.24) is 4.90 Å². The highest BCUT2D eigenvalue weighted by molar-refractivity contribution is 5.70. The van der Waals surface area contributed by atoms with Crippen molar-refractivity contribution in [1.29, 1.82) is 0 Å². The van der Waals surface area contributed by atoms with Crippen LogP contribution in [0.5, 0.6) is 11.5 Å². The third-order valence-electron chi connectivity index (χ3n) is 5.90. The van der Waals surface area contributed by atoms with Gasteiger partial charge in [-0.25, -0.2) is 4.79 Å². The van der Waals surface area contributed by atoms with Gasteiger partial charge in [0.15, 0.2) is 11.5 Å². The van der Waals surface area contributed by atoms with Crippen LogP contribution in [-0.2, 0) is 16.8 Å². The summed E-state index contributed by atoms with van der Waals surface area (Å²) < 4.78 is 17.1. The van der Waals surface area contributed by atoms with E-state index in [0.29, 0.717) is 18.9 Å². The maximum Gasteiger partial charge on any atom is 0.413 e. The molecule has 140 valence electrons. The Balaban J connectivity index is 1.84. The summed E-state index contributed by atoms with van der Waals surface area (Å²) >= 11 is 0. The van der Waals surface area contributed by atoms with Crippen molar-refractivity contribution in [2.24, 2.45) is 0 Å². The number of methoxy groups -OCH3 is 1. The molecule has 2 heterocycles. The molecule has 1 spiro atoms. The monoisotopic (exact) mass is 359 g/mol. The molecule has 0 bridgehead atoms. The molecule has 4 rings (SSSR count). The molecular weight excluding hydrogens is 334 g/mol. The van der Waals surface area contributed by atoms with Gasteiger partial charge >= 0.3 is 6.09 Å². The summed E-state index contributed by atoms with van der Waals surface area (Å²) in [6, 6.07) is 3.78. The lowest BCUT2D eigenvalue weighted by atomic mass is 9.61. The van der Waals surface area contributed by atoms with Crippen LogP contribution in [0, 0.1) is 0 Å². The van der Waals surface area contributed by atoms with E-state index in [9.17, 15) is 9.90 Å². The van der Waals surface area contributed by atoms with Gasteiger partial charge in [0, 0.05) is 18.3 Å². The van der Waals surface area contributed by atoms with Crippen molar-refractivity contribution >= 4 is 6.09 Å². The fourth-order valence-corrected chi connectivity index (χ4v) is 4.81. The van der Waals surface area contributed by atoms with E-state index < -0.39 is 0 Å². The van der Waals surface area contributed by atoms with Crippen molar-refractivity contribution in [2.45, 2.75) is 50.7 Å². The molecular formula is C20H25NO5. The minimum atomic E-state index is -0.302. The molecule has 1 N–H and O–H groups in total. The van der Waals surface area contributed by atoms with E-state index in [1.807, 2.05) is 25.3 Å². The first-order chi connectivity index (χ1) is 12.7. The smallest absolute Gasteiger partial charge is 0.413 e. The van der Waals surface area contributed by atoms with Crippen LogP contribution in [-0.4, -0.2) is 42.5 Å². The highest BCUT2D eigenvalue weighted by Gasteiger charge is 2.56. The minimum absolute atomic E-state index is 0.0171. The zero-order chi connectivity index (χ0) is 18.3. The highest BCUT2D eigenvalue weighted by Crippen LogP contribution is 2.59. The molecule has 0 saturated heterocycles. The van der Waals surface area contributed by atoms with Crippen LogP contribution >= 0.6 is 0 Å². The van der Waals surface area contributed by atoms with Gasteiger partial charge in [-0.15, -0.1) is 0 Å². The van der Waals surface area contributed by atoms with Crippen LogP contribution in [0.2, 0.25) is 0 Å². The van der Waals surface area contributed by atoms with Gasteiger partial charge in [-0.1, -0.05) is 6.07 Å². The number of rotatable bonds is 3. The SMILES string of the molecule is CCOC(=O)N1C=C2CCC[C@@H]3Oc4c(OC)ccc(CO)c4[C@]23CC1. The second kappa shape index (κ2) is 6.50. The summed E-state index contributed by atoms with van der Waals surface area (Å²) in [5.74, 6) is 1.45. The van der Waals surface area contributed by atoms with E-state index in [-0.39, 0.29) is 24.2 Å². The summed E-state index contributed by atoms with van der Waals surface area (Å²) in [6.07, 6.45) is 5.31. The number of aliphatic hydroxyl groups excluding tert-OH is 1. The van der Waals surface area contributed by atoms with Crippen molar-refractivity contribution in [2.75, 3.05) is 20.3 Å². The third-order valence-corrected chi connectivity index (χ3v) is 5.90. The number of fused-ring (bicyclic) bond motifs is 1. The summed E-state index contributed by atoms with van der Waals surface area (Å²) in [5, 5.41) is 9.95. The predicted octanol–water partition coefficient (Wildman–Crippen LogP) is 3.12. The Hall–Kier alpha value is -2.21. The molecule has 0 unspecified atom stereocenters. The zero-order valence-electron chi connectivity index (χ0n) is 15.3. The molecule has 6 heteroatoms. The molecule has 0 aromatic heterocycles. The Kier molecular flexibility index (Phi) is 4.31. The van der Waals surface area contributed by atoms with Crippen LogP contribution in [0.25, 0.3) is 0 Å². The van der Waals surface area contributed by atoms with Crippen LogP contribution < -0.4 is 9.47 Å². The average Bonchev–Trinajstić information content (AvgIpc) is 3.01. The van der Waals surface area contributed by atoms with Gasteiger partial charge in [0.1, 0.15) is 6.10 Å². The topological polar surface area (TPSA) is 68.2 Å². The van der Waals surface area contributed by atoms with E-state index in [1.165, 1.54) is 5.57 Å². The number of carbonyl (C=O) groups is 1. The van der Waals surface area contributed by atoms with Crippen LogP contribution in [0.15, 0.2) is 23.9 Å². The Morgan fingerprint density at radius 1 is 1.46 bits per heavy atom.